The summed E-state index contributed by atoms with van der Waals surface area (Å²) in [6, 6.07) is 7.54. The Hall–Kier alpha value is -2.14. The number of carbonyl (C=O) groups is 1. The largest absolute Gasteiger partial charge is 0.355 e. The summed E-state index contributed by atoms with van der Waals surface area (Å²) in [4.78, 5) is 23.5. The lowest BCUT2D eigenvalue weighted by molar-refractivity contribution is -0.117. The smallest absolute Gasteiger partial charge is 0.227 e. The molecule has 0 bridgehead atoms. The molecule has 1 saturated carbocycles. The molecule has 1 aromatic heterocycles. The number of carbonyl (C=O) groups excluding carboxylic acids is 1. The number of halogens is 1. The number of hydrogen-bond donors (Lipinski definition) is 1. The van der Waals surface area contributed by atoms with Crippen molar-refractivity contribution in [3.05, 3.63) is 35.6 Å². The summed E-state index contributed by atoms with van der Waals surface area (Å²) < 4.78 is 0. The first-order valence-electron chi connectivity index (χ1n) is 8.39. The second-order valence-electron chi connectivity index (χ2n) is 6.39. The van der Waals surface area contributed by atoms with Crippen LogP contribution in [0.5, 0.6) is 0 Å². The molecule has 0 unspecified atom stereocenters. The molecular formula is C18H19ClN4O. The molecule has 1 aromatic carbocycles. The van der Waals surface area contributed by atoms with Gasteiger partial charge in [0.25, 0.3) is 0 Å². The summed E-state index contributed by atoms with van der Waals surface area (Å²) in [5.74, 6) is 1.00. The molecule has 24 heavy (non-hydrogen) atoms. The molecule has 124 valence electrons. The molecule has 2 aromatic rings. The van der Waals surface area contributed by atoms with Crippen LogP contribution in [-0.4, -0.2) is 29.0 Å². The number of amides is 1. The van der Waals surface area contributed by atoms with Gasteiger partial charge in [0.15, 0.2) is 5.82 Å². The van der Waals surface area contributed by atoms with Crippen molar-refractivity contribution in [2.24, 2.45) is 5.92 Å². The maximum absolute atomic E-state index is 12.4. The van der Waals surface area contributed by atoms with E-state index in [-0.39, 0.29) is 11.8 Å². The predicted molar refractivity (Wildman–Crippen MR) is 95.3 cm³/mol. The van der Waals surface area contributed by atoms with Gasteiger partial charge in [-0.3, -0.25) is 4.79 Å². The van der Waals surface area contributed by atoms with Crippen molar-refractivity contribution in [1.82, 2.24) is 9.97 Å². The molecular weight excluding hydrogens is 324 g/mol. The minimum Gasteiger partial charge on any atom is -0.355 e. The van der Waals surface area contributed by atoms with Gasteiger partial charge in [-0.1, -0.05) is 23.7 Å². The van der Waals surface area contributed by atoms with Crippen LogP contribution in [0.1, 0.15) is 25.7 Å². The monoisotopic (exact) mass is 342 g/mol. The summed E-state index contributed by atoms with van der Waals surface area (Å²) in [7, 11) is 0. The Labute approximate surface area is 146 Å². The van der Waals surface area contributed by atoms with E-state index in [1.807, 2.05) is 24.3 Å². The highest BCUT2D eigenvalue weighted by molar-refractivity contribution is 6.30. The van der Waals surface area contributed by atoms with E-state index in [4.69, 9.17) is 11.6 Å². The van der Waals surface area contributed by atoms with Gasteiger partial charge >= 0.3 is 0 Å². The van der Waals surface area contributed by atoms with Crippen LogP contribution >= 0.6 is 11.6 Å². The fourth-order valence-corrected chi connectivity index (χ4v) is 3.28. The highest BCUT2D eigenvalue weighted by atomic mass is 35.5. The van der Waals surface area contributed by atoms with Crippen molar-refractivity contribution >= 4 is 29.0 Å². The summed E-state index contributed by atoms with van der Waals surface area (Å²) in [6.45, 7) is 1.91. The topological polar surface area (TPSA) is 58.1 Å². The first-order chi connectivity index (χ1) is 11.7. The van der Waals surface area contributed by atoms with Crippen molar-refractivity contribution in [2.45, 2.75) is 25.7 Å². The van der Waals surface area contributed by atoms with Crippen LogP contribution in [0, 0.1) is 5.92 Å². The maximum atomic E-state index is 12.4. The van der Waals surface area contributed by atoms with Crippen molar-refractivity contribution in [3.8, 4) is 11.3 Å². The van der Waals surface area contributed by atoms with E-state index in [2.05, 4.69) is 20.2 Å². The van der Waals surface area contributed by atoms with E-state index in [0.29, 0.717) is 10.7 Å². The van der Waals surface area contributed by atoms with Gasteiger partial charge in [0.05, 0.1) is 5.69 Å². The minimum atomic E-state index is 0.0634. The van der Waals surface area contributed by atoms with Crippen molar-refractivity contribution in [3.63, 3.8) is 0 Å². The van der Waals surface area contributed by atoms with E-state index in [1.165, 1.54) is 0 Å². The Kier molecular flexibility index (Phi) is 4.10. The summed E-state index contributed by atoms with van der Waals surface area (Å²) in [6.07, 6.45) is 5.78. The summed E-state index contributed by atoms with van der Waals surface area (Å²) >= 11 is 6.14. The highest BCUT2D eigenvalue weighted by Crippen LogP contribution is 2.37. The molecule has 1 aliphatic heterocycles. The number of aromatic nitrogens is 2. The van der Waals surface area contributed by atoms with E-state index in [0.717, 1.165) is 55.8 Å². The van der Waals surface area contributed by atoms with Gasteiger partial charge in [0.2, 0.25) is 5.91 Å². The normalized spacial score (nSPS) is 17.1. The number of anilines is 2. The van der Waals surface area contributed by atoms with Gasteiger partial charge in [-0.2, -0.15) is 0 Å². The van der Waals surface area contributed by atoms with Gasteiger partial charge in [-0.25, -0.2) is 9.97 Å². The third-order valence-electron chi connectivity index (χ3n) is 4.53. The van der Waals surface area contributed by atoms with Crippen LogP contribution in [0.25, 0.3) is 11.3 Å². The Morgan fingerprint density at radius 3 is 2.71 bits per heavy atom. The fourth-order valence-electron chi connectivity index (χ4n) is 3.09. The molecule has 1 saturated heterocycles. The Morgan fingerprint density at radius 2 is 2.00 bits per heavy atom. The van der Waals surface area contributed by atoms with Gasteiger partial charge < -0.3 is 10.2 Å². The lowest BCUT2D eigenvalue weighted by Gasteiger charge is -2.22. The quantitative estimate of drug-likeness (QED) is 0.919. The Bertz CT molecular complexity index is 769. The predicted octanol–water partition coefficient (Wildman–Crippen LogP) is 3.75. The lowest BCUT2D eigenvalue weighted by atomic mass is 10.1. The van der Waals surface area contributed by atoms with Crippen molar-refractivity contribution in [2.75, 3.05) is 23.3 Å². The first kappa shape index (κ1) is 15.4. The van der Waals surface area contributed by atoms with E-state index in [1.54, 1.807) is 6.33 Å². The molecule has 5 nitrogen and oxygen atoms in total. The number of nitrogens with one attached hydrogen (secondary N) is 1. The number of hydrogen-bond acceptors (Lipinski definition) is 4. The van der Waals surface area contributed by atoms with Crippen molar-refractivity contribution < 1.29 is 4.79 Å². The molecule has 1 amide bonds. The Morgan fingerprint density at radius 1 is 1.21 bits per heavy atom. The average molecular weight is 343 g/mol. The molecule has 0 spiro atoms. The van der Waals surface area contributed by atoms with Crippen LogP contribution in [-0.2, 0) is 4.79 Å². The van der Waals surface area contributed by atoms with E-state index in [9.17, 15) is 4.79 Å². The number of nitrogens with zero attached hydrogens (tertiary/aromatic N) is 3. The Balaban J connectivity index is 1.78. The van der Waals surface area contributed by atoms with Crippen LogP contribution in [0.3, 0.4) is 0 Å². The highest BCUT2D eigenvalue weighted by Gasteiger charge is 2.32. The number of rotatable bonds is 4. The molecule has 0 atom stereocenters. The molecule has 1 aliphatic carbocycles. The SMILES string of the molecule is O=C(Nc1c(-c2cccc(Cl)c2)ncnc1N1CCCC1)C1CC1. The van der Waals surface area contributed by atoms with Crippen LogP contribution in [0.4, 0.5) is 11.5 Å². The van der Waals surface area contributed by atoms with Crippen molar-refractivity contribution in [1.29, 1.82) is 0 Å². The number of benzene rings is 1. The molecule has 4 rings (SSSR count). The van der Waals surface area contributed by atoms with E-state index >= 15 is 0 Å². The fraction of sp³-hybridized carbons (Fsp3) is 0.389. The lowest BCUT2D eigenvalue weighted by Crippen LogP contribution is -2.23. The van der Waals surface area contributed by atoms with E-state index < -0.39 is 0 Å². The van der Waals surface area contributed by atoms with Gasteiger partial charge in [0, 0.05) is 29.6 Å². The van der Waals surface area contributed by atoms with Crippen LogP contribution in [0.2, 0.25) is 5.02 Å². The molecule has 2 fully saturated rings. The summed E-state index contributed by atoms with van der Waals surface area (Å²) in [5.41, 5.74) is 2.32. The van der Waals surface area contributed by atoms with Gasteiger partial charge in [-0.15, -0.1) is 0 Å². The van der Waals surface area contributed by atoms with Crippen LogP contribution in [0.15, 0.2) is 30.6 Å². The molecule has 2 heterocycles. The second-order valence-corrected chi connectivity index (χ2v) is 6.83. The molecule has 0 radical (unpaired) electrons. The third kappa shape index (κ3) is 3.08. The average Bonchev–Trinajstić information content (AvgIpc) is 3.30. The molecule has 1 N–H and O–H groups in total. The minimum absolute atomic E-state index is 0.0634. The molecule has 2 aliphatic rings. The third-order valence-corrected chi connectivity index (χ3v) is 4.76. The zero-order valence-electron chi connectivity index (χ0n) is 13.3. The second kappa shape index (κ2) is 6.40. The summed E-state index contributed by atoms with van der Waals surface area (Å²) in [5, 5.41) is 3.73. The first-order valence-corrected chi connectivity index (χ1v) is 8.77. The van der Waals surface area contributed by atoms with Gasteiger partial charge in [0.1, 0.15) is 12.0 Å². The molecule has 6 heteroatoms. The maximum Gasteiger partial charge on any atom is 0.227 e. The van der Waals surface area contributed by atoms with Crippen LogP contribution < -0.4 is 10.2 Å². The zero-order valence-corrected chi connectivity index (χ0v) is 14.1. The standard InChI is InChI=1S/C18H19ClN4O/c19-14-5-3-4-13(10-14)15-16(22-18(24)12-6-7-12)17(21-11-20-15)23-8-1-2-9-23/h3-5,10-12H,1-2,6-9H2,(H,22,24). The van der Waals surface area contributed by atoms with Gasteiger partial charge in [-0.05, 0) is 37.8 Å². The zero-order chi connectivity index (χ0) is 16.5.